The van der Waals surface area contributed by atoms with Gasteiger partial charge in [0.1, 0.15) is 34.8 Å². The van der Waals surface area contributed by atoms with Gasteiger partial charge in [0.25, 0.3) is 0 Å². The normalized spacial score (nSPS) is 15.7. The van der Waals surface area contributed by atoms with E-state index in [1.165, 1.54) is 31.2 Å². The molecule has 6 aromatic heterocycles. The number of aliphatic hydroxyl groups excluding tert-OH is 1. The quantitative estimate of drug-likeness (QED) is 0.0623. The molecule has 0 bridgehead atoms. The number of likely N-dealkylation sites (N-methyl/N-ethyl adjacent to an activating group) is 2. The smallest absolute Gasteiger partial charge is 1.00 e. The molecule has 1 fully saturated rings. The summed E-state index contributed by atoms with van der Waals surface area (Å²) in [5, 5.41) is 29.6. The predicted octanol–water partition coefficient (Wildman–Crippen LogP) is 1.45. The zero-order chi connectivity index (χ0) is 53.3. The fourth-order valence-electron chi connectivity index (χ4n) is 7.28. The van der Waals surface area contributed by atoms with Gasteiger partial charge in [0.15, 0.2) is 34.7 Å². The van der Waals surface area contributed by atoms with E-state index in [0.717, 1.165) is 42.7 Å². The minimum atomic E-state index is -4.49. The summed E-state index contributed by atoms with van der Waals surface area (Å²) in [4.78, 5) is 64.5. The number of carbonyl (C=O) groups excluding carboxylic acids is 3. The SMILES string of the molecule is C1CCOC1.CCOC(=O)c1nc(NCc2cnn(Cc3ccc(C(F)(F)F)nc3)c2)nc2c1NC(=O)[C@H](C)N2C.C[C@H]1C(=O)Nc2c(CO)nc(NCc3cnn(Cc4ccc(C(F)(F)F)nc4)c3)nc2N1C.[AlH3].[H-].[Li+]. The summed E-state index contributed by atoms with van der Waals surface area (Å²) in [5.41, 5.74) is 1.56. The Bertz CT molecular complexity index is 2930. The number of nitrogens with one attached hydrogen (secondary N) is 4. The Balaban J connectivity index is 0.000000294. The van der Waals surface area contributed by atoms with Crippen molar-refractivity contribution < 1.29 is 75.6 Å². The monoisotopic (exact) mass is 1080 g/mol. The van der Waals surface area contributed by atoms with Crippen LogP contribution in [0.5, 0.6) is 0 Å². The summed E-state index contributed by atoms with van der Waals surface area (Å²) in [6.07, 6.45) is 2.58. The predicted molar refractivity (Wildman–Crippen MR) is 266 cm³/mol. The molecule has 9 heterocycles. The Kier molecular flexibility index (Phi) is 20.7. The van der Waals surface area contributed by atoms with Crippen molar-refractivity contribution in [2.24, 2.45) is 0 Å². The third-order valence-electron chi connectivity index (χ3n) is 11.6. The first-order valence-corrected chi connectivity index (χ1v) is 23.0. The van der Waals surface area contributed by atoms with E-state index in [-0.39, 0.29) is 106 Å². The maximum absolute atomic E-state index is 12.7. The molecular formula is C46H56AlF6LiN16O6. The van der Waals surface area contributed by atoms with E-state index in [1.807, 2.05) is 0 Å². The number of aromatic nitrogens is 10. The van der Waals surface area contributed by atoms with Crippen LogP contribution in [0.25, 0.3) is 0 Å². The molecule has 2 amide bonds. The first-order valence-electron chi connectivity index (χ1n) is 23.0. The molecule has 9 rings (SSSR count). The molecule has 3 aliphatic rings. The van der Waals surface area contributed by atoms with Gasteiger partial charge >= 0.3 is 37.2 Å². The van der Waals surface area contributed by atoms with E-state index in [1.54, 1.807) is 78.8 Å². The van der Waals surface area contributed by atoms with Gasteiger partial charge in [-0.25, -0.2) is 14.8 Å². The van der Waals surface area contributed by atoms with Gasteiger partial charge in [-0.2, -0.15) is 46.5 Å². The van der Waals surface area contributed by atoms with Crippen LogP contribution >= 0.6 is 0 Å². The standard InChI is InChI=1S/C22H23F3N8O3.C20H21F3N8O2.C4H8O.Al.Li.4H/c1-4-36-20(35)17-16-18(32(3)12(2)19(34)29-16)31-21(30-17)27-8-14-9-28-33(11-14)10-13-5-6-15(26-7-13)22(23,24)25;1-11-18(33)28-16-14(10-32)27-19(29-17(16)30(11)2)25-6-13-7-26-31(9-13)8-12-3-4-15(24-5-12)20(21,22)23;1-2-4-5-3-1;;;;;;/h5-7,9,11-12H,4,8,10H2,1-3H3,(H,29,34)(H,27,30,31);3-5,7,9,11,32H,6,8,10H2,1-2H3,(H,28,33)(H,25,27,29);1-4H2;;;;;;/q;;;;+1;;;;-1/t12-;11-;;;;;;;/m00......./s1. The largest absolute Gasteiger partial charge is 1.00 e. The number of fused-ring (bicyclic) bond motifs is 2. The van der Waals surface area contributed by atoms with Gasteiger partial charge in [-0.05, 0) is 56.9 Å². The Labute approximate surface area is 455 Å². The molecule has 402 valence electrons. The fourth-order valence-corrected chi connectivity index (χ4v) is 7.28. The van der Waals surface area contributed by atoms with Crippen molar-refractivity contribution in [3.63, 3.8) is 0 Å². The molecule has 5 N–H and O–H groups in total. The molecule has 2 atom stereocenters. The summed E-state index contributed by atoms with van der Waals surface area (Å²) in [7, 11) is 3.43. The third kappa shape index (κ3) is 15.2. The topological polar surface area (TPSA) is 257 Å². The zero-order valence-electron chi connectivity index (χ0n) is 42.6. The maximum atomic E-state index is 12.7. The van der Waals surface area contributed by atoms with E-state index in [9.17, 15) is 45.8 Å². The molecule has 76 heavy (non-hydrogen) atoms. The van der Waals surface area contributed by atoms with Crippen LogP contribution in [0, 0.1) is 0 Å². The number of esters is 1. The third-order valence-corrected chi connectivity index (χ3v) is 11.6. The molecule has 0 spiro atoms. The molecule has 6 aromatic rings. The number of anilines is 6. The van der Waals surface area contributed by atoms with Crippen LogP contribution in [0.3, 0.4) is 0 Å². The van der Waals surface area contributed by atoms with Gasteiger partial charge in [-0.1, -0.05) is 12.1 Å². The molecular weight excluding hydrogens is 1020 g/mol. The van der Waals surface area contributed by atoms with E-state index < -0.39 is 41.8 Å². The number of alkyl halides is 6. The van der Waals surface area contributed by atoms with Crippen molar-refractivity contribution in [2.75, 3.05) is 65.0 Å². The molecule has 0 radical (unpaired) electrons. The van der Waals surface area contributed by atoms with Crippen molar-refractivity contribution in [2.45, 2.75) is 90.8 Å². The molecule has 0 aliphatic carbocycles. The summed E-state index contributed by atoms with van der Waals surface area (Å²) in [5.74, 6) is 0.0808. The average molecular weight is 1080 g/mol. The number of aliphatic hydroxyl groups is 1. The van der Waals surface area contributed by atoms with Crippen LogP contribution in [0.4, 0.5) is 61.2 Å². The maximum Gasteiger partial charge on any atom is 1.00 e. The number of rotatable bonds is 13. The summed E-state index contributed by atoms with van der Waals surface area (Å²) < 4.78 is 89.2. The zero-order valence-corrected chi connectivity index (χ0v) is 41.6. The number of amides is 2. The molecule has 1 saturated heterocycles. The second-order valence-corrected chi connectivity index (χ2v) is 16.9. The second kappa shape index (κ2) is 26.3. The minimum Gasteiger partial charge on any atom is -1.00 e. The Hall–Kier alpha value is -6.88. The Morgan fingerprint density at radius 1 is 0.737 bits per heavy atom. The Morgan fingerprint density at radius 2 is 1.20 bits per heavy atom. The molecule has 0 aromatic carbocycles. The van der Waals surface area contributed by atoms with Gasteiger partial charge in [0.2, 0.25) is 23.7 Å². The van der Waals surface area contributed by atoms with Gasteiger partial charge < -0.3 is 47.1 Å². The van der Waals surface area contributed by atoms with Gasteiger partial charge in [0, 0.05) is 76.3 Å². The van der Waals surface area contributed by atoms with Gasteiger partial charge in [-0.3, -0.25) is 28.9 Å². The second-order valence-electron chi connectivity index (χ2n) is 16.9. The van der Waals surface area contributed by atoms with Crippen molar-refractivity contribution in [1.29, 1.82) is 0 Å². The van der Waals surface area contributed by atoms with Crippen LogP contribution in [-0.2, 0) is 64.2 Å². The molecule has 30 heteroatoms. The molecule has 0 saturated carbocycles. The summed E-state index contributed by atoms with van der Waals surface area (Å²) >= 11 is 0. The first kappa shape index (κ1) is 60.0. The number of halogens is 6. The number of nitrogens with zero attached hydrogens (tertiary/aromatic N) is 12. The van der Waals surface area contributed by atoms with Gasteiger partial charge in [-0.15, -0.1) is 0 Å². The van der Waals surface area contributed by atoms with E-state index in [4.69, 9.17) is 9.47 Å². The van der Waals surface area contributed by atoms with Crippen LogP contribution < -0.4 is 49.9 Å². The average Bonchev–Trinajstić information content (AvgIpc) is 4.20. The number of carbonyl (C=O) groups is 3. The van der Waals surface area contributed by atoms with Crippen LogP contribution in [0.15, 0.2) is 61.4 Å². The number of hydrogen-bond acceptors (Lipinski definition) is 18. The van der Waals surface area contributed by atoms with E-state index in [0.29, 0.717) is 40.7 Å². The van der Waals surface area contributed by atoms with Crippen LogP contribution in [0.1, 0.15) is 84.9 Å². The van der Waals surface area contributed by atoms with Crippen LogP contribution in [-0.4, -0.2) is 136 Å². The minimum absolute atomic E-state index is 0. The van der Waals surface area contributed by atoms with Gasteiger partial charge in [0.05, 0.1) is 44.4 Å². The van der Waals surface area contributed by atoms with Crippen molar-refractivity contribution in [3.8, 4) is 0 Å². The Morgan fingerprint density at radius 3 is 1.61 bits per heavy atom. The van der Waals surface area contributed by atoms with Crippen molar-refractivity contribution in [1.82, 2.24) is 49.5 Å². The van der Waals surface area contributed by atoms with Crippen LogP contribution in [0.2, 0.25) is 0 Å². The van der Waals surface area contributed by atoms with E-state index >= 15 is 0 Å². The number of hydrogen-bond donors (Lipinski definition) is 5. The number of ether oxygens (including phenoxy) is 2. The number of pyridine rings is 2. The molecule has 3 aliphatic heterocycles. The summed E-state index contributed by atoms with van der Waals surface area (Å²) in [6, 6.07) is 3.65. The molecule has 0 unspecified atom stereocenters. The fraction of sp³-hybridized carbons (Fsp3) is 0.413. The molecule has 22 nitrogen and oxygen atoms in total. The summed E-state index contributed by atoms with van der Waals surface area (Å²) in [6.45, 7) is 7.93. The van der Waals surface area contributed by atoms with E-state index in [2.05, 4.69) is 61.4 Å². The van der Waals surface area contributed by atoms with Crippen molar-refractivity contribution in [3.05, 3.63) is 106 Å². The van der Waals surface area contributed by atoms with Crippen molar-refractivity contribution >= 4 is 70.1 Å². The first-order chi connectivity index (χ1) is 35.2.